The summed E-state index contributed by atoms with van der Waals surface area (Å²) in [6, 6.07) is 8.96. The fraction of sp³-hybridized carbons (Fsp3) is 0.286. The quantitative estimate of drug-likeness (QED) is 0.812. The number of imide groups is 1. The molecule has 2 N–H and O–H groups in total. The van der Waals surface area contributed by atoms with Gasteiger partial charge in [-0.1, -0.05) is 42.1 Å². The number of aromatic nitrogens is 3. The number of aryl methyl sites for hydroxylation is 1. The van der Waals surface area contributed by atoms with Crippen LogP contribution in [0.5, 0.6) is 0 Å². The molecule has 8 heteroatoms. The Balaban J connectivity index is 1.78. The Morgan fingerprint density at radius 3 is 2.68 bits per heavy atom. The van der Waals surface area contributed by atoms with Gasteiger partial charge in [-0.3, -0.25) is 10.1 Å². The molecule has 0 bridgehead atoms. The average Bonchev–Trinajstić information content (AvgIpc) is 2.91. The number of nitrogens with one attached hydrogen (secondary N) is 2. The van der Waals surface area contributed by atoms with Gasteiger partial charge in [0.15, 0.2) is 5.16 Å². The number of carbonyl (C=O) groups excluding carboxylic acids is 2. The van der Waals surface area contributed by atoms with E-state index in [0.717, 1.165) is 5.56 Å². The minimum atomic E-state index is -0.515. The van der Waals surface area contributed by atoms with E-state index in [9.17, 15) is 9.59 Å². The van der Waals surface area contributed by atoms with E-state index in [1.807, 2.05) is 30.3 Å². The van der Waals surface area contributed by atoms with Crippen molar-refractivity contribution in [2.24, 2.45) is 7.05 Å². The number of nitrogens with zero attached hydrogens (tertiary/aromatic N) is 3. The summed E-state index contributed by atoms with van der Waals surface area (Å²) >= 11 is 1.24. The molecule has 1 aromatic carbocycles. The molecule has 1 aromatic heterocycles. The molecular weight excluding hydrogens is 302 g/mol. The van der Waals surface area contributed by atoms with Crippen molar-refractivity contribution < 1.29 is 9.59 Å². The van der Waals surface area contributed by atoms with E-state index in [2.05, 4.69) is 20.8 Å². The van der Waals surface area contributed by atoms with Crippen LogP contribution in [0.1, 0.15) is 12.5 Å². The van der Waals surface area contributed by atoms with Gasteiger partial charge in [-0.2, -0.15) is 0 Å². The van der Waals surface area contributed by atoms with E-state index in [4.69, 9.17) is 0 Å². The molecule has 0 saturated heterocycles. The maximum absolute atomic E-state index is 12.0. The largest absolute Gasteiger partial charge is 0.334 e. The van der Waals surface area contributed by atoms with Crippen LogP contribution in [0.3, 0.4) is 0 Å². The van der Waals surface area contributed by atoms with E-state index in [0.29, 0.717) is 11.7 Å². The first kappa shape index (κ1) is 16.0. The normalized spacial score (nSPS) is 11.7. The summed E-state index contributed by atoms with van der Waals surface area (Å²) in [6.07, 6.45) is 1.56. The summed E-state index contributed by atoms with van der Waals surface area (Å²) in [5, 5.41) is 12.7. The highest BCUT2D eigenvalue weighted by Crippen LogP contribution is 2.19. The second kappa shape index (κ2) is 7.60. The first-order valence-electron chi connectivity index (χ1n) is 6.69. The van der Waals surface area contributed by atoms with Crippen LogP contribution in [-0.4, -0.2) is 32.0 Å². The minimum Gasteiger partial charge on any atom is -0.334 e. The fourth-order valence-corrected chi connectivity index (χ4v) is 2.42. The van der Waals surface area contributed by atoms with Crippen LogP contribution in [0, 0.1) is 0 Å². The van der Waals surface area contributed by atoms with Gasteiger partial charge in [0.1, 0.15) is 6.33 Å². The predicted octanol–water partition coefficient (Wildman–Crippen LogP) is 1.32. The van der Waals surface area contributed by atoms with E-state index >= 15 is 0 Å². The molecule has 22 heavy (non-hydrogen) atoms. The molecule has 0 saturated carbocycles. The van der Waals surface area contributed by atoms with Crippen molar-refractivity contribution in [3.8, 4) is 0 Å². The summed E-state index contributed by atoms with van der Waals surface area (Å²) < 4.78 is 1.71. The zero-order valence-electron chi connectivity index (χ0n) is 12.3. The molecule has 0 spiro atoms. The first-order chi connectivity index (χ1) is 10.6. The first-order valence-corrected chi connectivity index (χ1v) is 7.57. The molecule has 7 nitrogen and oxygen atoms in total. The smallest absolute Gasteiger partial charge is 0.321 e. The number of carbonyl (C=O) groups is 2. The van der Waals surface area contributed by atoms with Crippen LogP contribution >= 0.6 is 11.8 Å². The number of thioether (sulfide) groups is 1. The number of hydrogen-bond acceptors (Lipinski definition) is 5. The van der Waals surface area contributed by atoms with Crippen LogP contribution in [0.25, 0.3) is 0 Å². The zero-order valence-corrected chi connectivity index (χ0v) is 13.1. The number of urea groups is 1. The van der Waals surface area contributed by atoms with E-state index in [1.54, 1.807) is 24.9 Å². The second-order valence-electron chi connectivity index (χ2n) is 4.64. The molecule has 1 atom stereocenters. The van der Waals surface area contributed by atoms with Crippen molar-refractivity contribution >= 4 is 23.7 Å². The molecule has 116 valence electrons. The SMILES string of the molecule is C[C@H](Sc1nncn1C)C(=O)NC(=O)NCc1ccccc1. The van der Waals surface area contributed by atoms with Crippen LogP contribution in [0.2, 0.25) is 0 Å². The third-order valence-electron chi connectivity index (χ3n) is 2.85. The number of benzene rings is 1. The van der Waals surface area contributed by atoms with Crippen LogP contribution in [0.15, 0.2) is 41.8 Å². The van der Waals surface area contributed by atoms with E-state index in [1.165, 1.54) is 11.8 Å². The maximum atomic E-state index is 12.0. The molecule has 2 aromatic rings. The number of hydrogen-bond donors (Lipinski definition) is 2. The number of amides is 3. The summed E-state index contributed by atoms with van der Waals surface area (Å²) in [7, 11) is 1.79. The Kier molecular flexibility index (Phi) is 5.54. The molecule has 0 aliphatic carbocycles. The molecule has 0 aliphatic heterocycles. The molecule has 1 heterocycles. The van der Waals surface area contributed by atoms with Gasteiger partial charge in [-0.05, 0) is 12.5 Å². The fourth-order valence-electron chi connectivity index (χ4n) is 1.63. The highest BCUT2D eigenvalue weighted by atomic mass is 32.2. The van der Waals surface area contributed by atoms with Crippen molar-refractivity contribution in [1.82, 2.24) is 25.4 Å². The molecule has 3 amide bonds. The van der Waals surface area contributed by atoms with Gasteiger partial charge >= 0.3 is 6.03 Å². The van der Waals surface area contributed by atoms with Crippen LogP contribution in [0.4, 0.5) is 4.79 Å². The molecule has 0 radical (unpaired) electrons. The summed E-state index contributed by atoms with van der Waals surface area (Å²) in [5.74, 6) is -0.376. The highest BCUT2D eigenvalue weighted by molar-refractivity contribution is 8.00. The minimum absolute atomic E-state index is 0.366. The third kappa shape index (κ3) is 4.59. The highest BCUT2D eigenvalue weighted by Gasteiger charge is 2.19. The van der Waals surface area contributed by atoms with E-state index < -0.39 is 11.3 Å². The van der Waals surface area contributed by atoms with Gasteiger partial charge in [-0.25, -0.2) is 4.79 Å². The van der Waals surface area contributed by atoms with Crippen molar-refractivity contribution in [2.45, 2.75) is 23.9 Å². The van der Waals surface area contributed by atoms with Gasteiger partial charge in [0.05, 0.1) is 5.25 Å². The lowest BCUT2D eigenvalue weighted by Gasteiger charge is -2.11. The van der Waals surface area contributed by atoms with Gasteiger partial charge in [-0.15, -0.1) is 10.2 Å². The number of rotatable bonds is 5. The Hall–Kier alpha value is -2.35. The van der Waals surface area contributed by atoms with Gasteiger partial charge in [0.2, 0.25) is 5.91 Å². The Morgan fingerprint density at radius 2 is 2.05 bits per heavy atom. The van der Waals surface area contributed by atoms with Crippen molar-refractivity contribution in [3.05, 3.63) is 42.2 Å². The molecule has 2 rings (SSSR count). The maximum Gasteiger partial charge on any atom is 0.321 e. The van der Waals surface area contributed by atoms with Crippen molar-refractivity contribution in [2.75, 3.05) is 0 Å². The standard InChI is InChI=1S/C14H17N5O2S/c1-10(22-14-18-16-9-19(14)2)12(20)17-13(21)15-8-11-6-4-3-5-7-11/h3-7,9-10H,8H2,1-2H3,(H2,15,17,20,21)/t10-/m0/s1. The predicted molar refractivity (Wildman–Crippen MR) is 83.1 cm³/mol. The van der Waals surface area contributed by atoms with Crippen LogP contribution < -0.4 is 10.6 Å². The van der Waals surface area contributed by atoms with Gasteiger partial charge in [0.25, 0.3) is 0 Å². The summed E-state index contributed by atoms with van der Waals surface area (Å²) in [6.45, 7) is 2.07. The lowest BCUT2D eigenvalue weighted by atomic mass is 10.2. The lowest BCUT2D eigenvalue weighted by Crippen LogP contribution is -2.42. The van der Waals surface area contributed by atoms with Crippen molar-refractivity contribution in [3.63, 3.8) is 0 Å². The zero-order chi connectivity index (χ0) is 15.9. The monoisotopic (exact) mass is 319 g/mol. The average molecular weight is 319 g/mol. The molecule has 0 fully saturated rings. The Labute approximate surface area is 132 Å². The lowest BCUT2D eigenvalue weighted by molar-refractivity contribution is -0.119. The summed E-state index contributed by atoms with van der Waals surface area (Å²) in [5.41, 5.74) is 0.964. The van der Waals surface area contributed by atoms with Gasteiger partial charge in [0, 0.05) is 13.6 Å². The Morgan fingerprint density at radius 1 is 1.32 bits per heavy atom. The topological polar surface area (TPSA) is 88.9 Å². The second-order valence-corrected chi connectivity index (χ2v) is 5.95. The van der Waals surface area contributed by atoms with E-state index in [-0.39, 0.29) is 5.91 Å². The van der Waals surface area contributed by atoms with Crippen molar-refractivity contribution in [1.29, 1.82) is 0 Å². The molecular formula is C14H17N5O2S. The van der Waals surface area contributed by atoms with Crippen LogP contribution in [-0.2, 0) is 18.4 Å². The summed E-state index contributed by atoms with van der Waals surface area (Å²) in [4.78, 5) is 23.7. The Bertz CT molecular complexity index is 644. The molecule has 0 unspecified atom stereocenters. The van der Waals surface area contributed by atoms with Gasteiger partial charge < -0.3 is 9.88 Å². The third-order valence-corrected chi connectivity index (χ3v) is 4.00. The molecule has 0 aliphatic rings.